The van der Waals surface area contributed by atoms with Crippen molar-refractivity contribution in [2.45, 2.75) is 32.0 Å². The average Bonchev–Trinajstić information content (AvgIpc) is 3.29. The molecule has 2 amide bonds. The largest absolute Gasteiger partial charge is 0.344 e. The highest BCUT2D eigenvalue weighted by Gasteiger charge is 2.19. The number of aromatic nitrogens is 4. The molecular formula is C20H23ClN6O2S2. The average molecular weight is 479 g/mol. The number of nitrogens with one attached hydrogen (secondary N) is 1. The summed E-state index contributed by atoms with van der Waals surface area (Å²) < 4.78 is 1.99. The molecule has 3 aromatic rings. The Kier molecular flexibility index (Phi) is 7.69. The van der Waals surface area contributed by atoms with Crippen molar-refractivity contribution in [3.63, 3.8) is 0 Å². The number of carbonyl (C=O) groups is 2. The summed E-state index contributed by atoms with van der Waals surface area (Å²) in [5, 5.41) is 13.1. The van der Waals surface area contributed by atoms with Crippen LogP contribution in [0.3, 0.4) is 0 Å². The standard InChI is InChI=1S/C20H23ClN6O2S2/c1-5-27-15(10-13-6-8-14(21)9-7-13)24-25-20(27)30-11-16(28)23-19-22-12(2)17(31-19)18(29)26(3)4/h6-9H,5,10-11H2,1-4H3,(H,22,23,28). The Balaban J connectivity index is 1.61. The van der Waals surface area contributed by atoms with Gasteiger partial charge in [0, 0.05) is 32.1 Å². The number of hydrogen-bond acceptors (Lipinski definition) is 7. The number of nitrogens with zero attached hydrogens (tertiary/aromatic N) is 5. The van der Waals surface area contributed by atoms with Crippen molar-refractivity contribution < 1.29 is 9.59 Å². The number of aryl methyl sites for hydroxylation is 1. The molecule has 0 aliphatic carbocycles. The summed E-state index contributed by atoms with van der Waals surface area (Å²) in [6, 6.07) is 7.62. The molecule has 0 fully saturated rings. The Hall–Kier alpha value is -2.43. The van der Waals surface area contributed by atoms with Crippen LogP contribution in [0, 0.1) is 6.92 Å². The Bertz CT molecular complexity index is 1080. The van der Waals surface area contributed by atoms with Gasteiger partial charge in [0.2, 0.25) is 5.91 Å². The maximum atomic E-state index is 12.4. The molecular weight excluding hydrogens is 456 g/mol. The van der Waals surface area contributed by atoms with E-state index in [0.717, 1.165) is 11.4 Å². The van der Waals surface area contributed by atoms with Crippen LogP contribution in [0.1, 0.15) is 33.7 Å². The third-order valence-electron chi connectivity index (χ3n) is 4.36. The lowest BCUT2D eigenvalue weighted by Crippen LogP contribution is -2.21. The molecule has 0 radical (unpaired) electrons. The molecule has 0 unspecified atom stereocenters. The fraction of sp³-hybridized carbons (Fsp3) is 0.350. The number of amides is 2. The van der Waals surface area contributed by atoms with Crippen LogP contribution in [0.2, 0.25) is 5.02 Å². The molecule has 0 saturated heterocycles. The van der Waals surface area contributed by atoms with Gasteiger partial charge in [-0.05, 0) is 31.5 Å². The maximum absolute atomic E-state index is 12.4. The van der Waals surface area contributed by atoms with E-state index in [1.807, 2.05) is 35.8 Å². The quantitative estimate of drug-likeness (QED) is 0.496. The van der Waals surface area contributed by atoms with E-state index >= 15 is 0 Å². The van der Waals surface area contributed by atoms with E-state index in [9.17, 15) is 9.59 Å². The molecule has 3 rings (SSSR count). The van der Waals surface area contributed by atoms with Crippen LogP contribution in [0.4, 0.5) is 5.13 Å². The lowest BCUT2D eigenvalue weighted by atomic mass is 10.1. The zero-order valence-corrected chi connectivity index (χ0v) is 20.1. The fourth-order valence-electron chi connectivity index (χ4n) is 2.80. The summed E-state index contributed by atoms with van der Waals surface area (Å²) in [7, 11) is 3.36. The topological polar surface area (TPSA) is 93.0 Å². The van der Waals surface area contributed by atoms with Crippen molar-refractivity contribution in [3.8, 4) is 0 Å². The number of halogens is 1. The predicted molar refractivity (Wildman–Crippen MR) is 124 cm³/mol. The van der Waals surface area contributed by atoms with E-state index < -0.39 is 0 Å². The highest BCUT2D eigenvalue weighted by atomic mass is 35.5. The van der Waals surface area contributed by atoms with Crippen molar-refractivity contribution in [3.05, 3.63) is 51.2 Å². The Morgan fingerprint density at radius 1 is 1.23 bits per heavy atom. The molecule has 0 atom stereocenters. The predicted octanol–water partition coefficient (Wildman–Crippen LogP) is 3.74. The number of thioether (sulfide) groups is 1. The molecule has 0 bridgehead atoms. The molecule has 1 N–H and O–H groups in total. The van der Waals surface area contributed by atoms with Gasteiger partial charge in [0.15, 0.2) is 10.3 Å². The van der Waals surface area contributed by atoms with Gasteiger partial charge in [0.05, 0.1) is 11.4 Å². The van der Waals surface area contributed by atoms with Crippen LogP contribution < -0.4 is 5.32 Å². The van der Waals surface area contributed by atoms with E-state index in [1.54, 1.807) is 21.0 Å². The molecule has 1 aromatic carbocycles. The van der Waals surface area contributed by atoms with Gasteiger partial charge >= 0.3 is 0 Å². The molecule has 2 aromatic heterocycles. The lowest BCUT2D eigenvalue weighted by Gasteiger charge is -2.08. The number of carbonyl (C=O) groups excluding carboxylic acids is 2. The molecule has 0 aliphatic heterocycles. The Labute approximate surface area is 194 Å². The van der Waals surface area contributed by atoms with Crippen molar-refractivity contribution in [1.82, 2.24) is 24.6 Å². The van der Waals surface area contributed by atoms with E-state index in [2.05, 4.69) is 20.5 Å². The van der Waals surface area contributed by atoms with Gasteiger partial charge in [-0.2, -0.15) is 0 Å². The van der Waals surface area contributed by atoms with Crippen molar-refractivity contribution in [1.29, 1.82) is 0 Å². The number of rotatable bonds is 8. The minimum Gasteiger partial charge on any atom is -0.344 e. The minimum absolute atomic E-state index is 0.130. The SMILES string of the molecule is CCn1c(Cc2ccc(Cl)cc2)nnc1SCC(=O)Nc1nc(C)c(C(=O)N(C)C)s1. The smallest absolute Gasteiger partial charge is 0.265 e. The van der Waals surface area contributed by atoms with Gasteiger partial charge < -0.3 is 14.8 Å². The third-order valence-corrected chi connectivity index (χ3v) is 6.64. The number of benzene rings is 1. The first kappa shape index (κ1) is 23.2. The van der Waals surface area contributed by atoms with Crippen molar-refractivity contribution >= 4 is 51.6 Å². The first-order valence-corrected chi connectivity index (χ1v) is 11.7. The van der Waals surface area contributed by atoms with Crippen LogP contribution in [0.15, 0.2) is 29.4 Å². The van der Waals surface area contributed by atoms with Crippen molar-refractivity contribution in [2.24, 2.45) is 0 Å². The number of hydrogen-bond donors (Lipinski definition) is 1. The van der Waals surface area contributed by atoms with E-state index in [0.29, 0.717) is 38.8 Å². The van der Waals surface area contributed by atoms with Crippen LogP contribution in [0.25, 0.3) is 0 Å². The number of anilines is 1. The first-order chi connectivity index (χ1) is 14.8. The van der Waals surface area contributed by atoms with Gasteiger partial charge in [-0.15, -0.1) is 10.2 Å². The Morgan fingerprint density at radius 2 is 1.94 bits per heavy atom. The molecule has 8 nitrogen and oxygen atoms in total. The monoisotopic (exact) mass is 478 g/mol. The fourth-order valence-corrected chi connectivity index (χ4v) is 4.75. The van der Waals surface area contributed by atoms with E-state index in [-0.39, 0.29) is 17.6 Å². The highest BCUT2D eigenvalue weighted by molar-refractivity contribution is 7.99. The van der Waals surface area contributed by atoms with Gasteiger partial charge in [-0.3, -0.25) is 9.59 Å². The molecule has 0 aliphatic rings. The van der Waals surface area contributed by atoms with Crippen LogP contribution in [-0.4, -0.2) is 56.3 Å². The molecule has 0 spiro atoms. The third kappa shape index (κ3) is 5.84. The second-order valence-corrected chi connectivity index (χ2v) is 9.29. The maximum Gasteiger partial charge on any atom is 0.265 e. The van der Waals surface area contributed by atoms with Crippen LogP contribution >= 0.6 is 34.7 Å². The minimum atomic E-state index is -0.215. The molecule has 2 heterocycles. The van der Waals surface area contributed by atoms with Crippen LogP contribution in [-0.2, 0) is 17.8 Å². The second kappa shape index (κ2) is 10.3. The van der Waals surface area contributed by atoms with Gasteiger partial charge in [-0.1, -0.05) is 46.8 Å². The zero-order chi connectivity index (χ0) is 22.5. The van der Waals surface area contributed by atoms with Crippen molar-refractivity contribution in [2.75, 3.05) is 25.2 Å². The lowest BCUT2D eigenvalue weighted by molar-refractivity contribution is -0.113. The highest BCUT2D eigenvalue weighted by Crippen LogP contribution is 2.25. The Morgan fingerprint density at radius 3 is 2.58 bits per heavy atom. The van der Waals surface area contributed by atoms with Gasteiger partial charge in [0.1, 0.15) is 10.7 Å². The summed E-state index contributed by atoms with van der Waals surface area (Å²) in [5.41, 5.74) is 1.69. The molecule has 11 heteroatoms. The molecule has 164 valence electrons. The summed E-state index contributed by atoms with van der Waals surface area (Å²) in [6.45, 7) is 4.46. The summed E-state index contributed by atoms with van der Waals surface area (Å²) in [6.07, 6.45) is 0.631. The molecule has 31 heavy (non-hydrogen) atoms. The zero-order valence-electron chi connectivity index (χ0n) is 17.7. The van der Waals surface area contributed by atoms with E-state index in [1.165, 1.54) is 28.0 Å². The van der Waals surface area contributed by atoms with Gasteiger partial charge in [-0.25, -0.2) is 4.98 Å². The summed E-state index contributed by atoms with van der Waals surface area (Å²) in [5.74, 6) is 0.644. The molecule has 0 saturated carbocycles. The van der Waals surface area contributed by atoms with E-state index in [4.69, 9.17) is 11.6 Å². The summed E-state index contributed by atoms with van der Waals surface area (Å²) in [4.78, 5) is 30.9. The van der Waals surface area contributed by atoms with Crippen LogP contribution in [0.5, 0.6) is 0 Å². The number of thiazole rings is 1. The first-order valence-electron chi connectivity index (χ1n) is 9.56. The summed E-state index contributed by atoms with van der Waals surface area (Å²) >= 11 is 8.44. The van der Waals surface area contributed by atoms with Gasteiger partial charge in [0.25, 0.3) is 5.91 Å². The second-order valence-electron chi connectivity index (χ2n) is 6.92. The normalized spacial score (nSPS) is 10.9.